The molecule has 0 spiro atoms. The molecule has 1 heterocycles. The normalized spacial score (nSPS) is 14.8. The smallest absolute Gasteiger partial charge is 0.122 e. The van der Waals surface area contributed by atoms with Crippen molar-refractivity contribution >= 4 is 6.08 Å². The Morgan fingerprint density at radius 2 is 2.05 bits per heavy atom. The number of rotatable bonds is 4. The molecule has 22 heavy (non-hydrogen) atoms. The van der Waals surface area contributed by atoms with Crippen molar-refractivity contribution in [3.05, 3.63) is 52.6 Å². The standard InChI is InChI=1S/C19H24N2O/c1-14(13-21-11-10-20-15(21)2)12-16-8-9-19(22-3)18-7-5-4-6-17(16)18/h8-12H,4-7,13H2,1-3H3/b14-12+. The second kappa shape index (κ2) is 6.39. The van der Waals surface area contributed by atoms with E-state index in [2.05, 4.69) is 34.7 Å². The molecule has 1 aromatic carbocycles. The summed E-state index contributed by atoms with van der Waals surface area (Å²) in [4.78, 5) is 4.29. The second-order valence-corrected chi connectivity index (χ2v) is 6.11. The van der Waals surface area contributed by atoms with E-state index in [9.17, 15) is 0 Å². The minimum atomic E-state index is 0.895. The molecule has 0 atom stereocenters. The molecule has 0 amide bonds. The van der Waals surface area contributed by atoms with E-state index in [4.69, 9.17) is 4.74 Å². The van der Waals surface area contributed by atoms with Crippen LogP contribution in [0.5, 0.6) is 5.75 Å². The van der Waals surface area contributed by atoms with Crippen LogP contribution in [0.2, 0.25) is 0 Å². The lowest BCUT2D eigenvalue weighted by molar-refractivity contribution is 0.406. The van der Waals surface area contributed by atoms with Crippen molar-refractivity contribution in [3.8, 4) is 5.75 Å². The Bertz CT molecular complexity index is 697. The number of imidazole rings is 1. The van der Waals surface area contributed by atoms with Crippen molar-refractivity contribution < 1.29 is 4.74 Å². The molecule has 0 radical (unpaired) electrons. The number of nitrogens with zero attached hydrogens (tertiary/aromatic N) is 2. The summed E-state index contributed by atoms with van der Waals surface area (Å²) in [5.41, 5.74) is 5.59. The molecule has 2 aromatic rings. The minimum absolute atomic E-state index is 0.895. The number of hydrogen-bond acceptors (Lipinski definition) is 2. The first-order valence-corrected chi connectivity index (χ1v) is 8.02. The maximum absolute atomic E-state index is 5.54. The number of aryl methyl sites for hydroxylation is 1. The van der Waals surface area contributed by atoms with Gasteiger partial charge in [-0.1, -0.05) is 17.7 Å². The quantitative estimate of drug-likeness (QED) is 0.846. The molecule has 1 aliphatic carbocycles. The first-order valence-electron chi connectivity index (χ1n) is 8.02. The van der Waals surface area contributed by atoms with Crippen molar-refractivity contribution in [2.24, 2.45) is 0 Å². The zero-order valence-electron chi connectivity index (χ0n) is 13.7. The lowest BCUT2D eigenvalue weighted by Crippen LogP contribution is -2.07. The van der Waals surface area contributed by atoms with Gasteiger partial charge < -0.3 is 9.30 Å². The van der Waals surface area contributed by atoms with E-state index >= 15 is 0 Å². The van der Waals surface area contributed by atoms with Crippen LogP contribution in [0.3, 0.4) is 0 Å². The summed E-state index contributed by atoms with van der Waals surface area (Å²) in [5.74, 6) is 2.11. The molecule has 3 nitrogen and oxygen atoms in total. The van der Waals surface area contributed by atoms with Gasteiger partial charge in [-0.05, 0) is 62.3 Å². The Balaban J connectivity index is 1.91. The molecular formula is C19H24N2O. The second-order valence-electron chi connectivity index (χ2n) is 6.11. The molecule has 0 saturated heterocycles. The van der Waals surface area contributed by atoms with E-state index in [1.54, 1.807) is 7.11 Å². The molecule has 1 aliphatic rings. The first-order chi connectivity index (χ1) is 10.7. The molecule has 116 valence electrons. The molecule has 3 heteroatoms. The molecule has 0 saturated carbocycles. The number of hydrogen-bond donors (Lipinski definition) is 0. The van der Waals surface area contributed by atoms with Crippen LogP contribution < -0.4 is 4.74 Å². The van der Waals surface area contributed by atoms with Gasteiger partial charge in [-0.25, -0.2) is 4.98 Å². The SMILES string of the molecule is COc1ccc(/C=C(\C)Cn2ccnc2C)c2c1CCCC2. The highest BCUT2D eigenvalue weighted by molar-refractivity contribution is 5.61. The van der Waals surface area contributed by atoms with E-state index in [1.165, 1.54) is 35.1 Å². The summed E-state index contributed by atoms with van der Waals surface area (Å²) in [5, 5.41) is 0. The molecule has 0 unspecified atom stereocenters. The fourth-order valence-electron chi connectivity index (χ4n) is 3.34. The molecular weight excluding hydrogens is 272 g/mol. The van der Waals surface area contributed by atoms with Gasteiger partial charge in [0.1, 0.15) is 11.6 Å². The molecule has 0 fully saturated rings. The average Bonchev–Trinajstić information content (AvgIpc) is 2.93. The van der Waals surface area contributed by atoms with Crippen molar-refractivity contribution in [2.45, 2.75) is 46.1 Å². The topological polar surface area (TPSA) is 27.1 Å². The monoisotopic (exact) mass is 296 g/mol. The zero-order chi connectivity index (χ0) is 15.5. The van der Waals surface area contributed by atoms with E-state index < -0.39 is 0 Å². The lowest BCUT2D eigenvalue weighted by Gasteiger charge is -2.21. The molecule has 0 N–H and O–H groups in total. The number of ether oxygens (including phenoxy) is 1. The number of aromatic nitrogens is 2. The summed E-state index contributed by atoms with van der Waals surface area (Å²) in [6.07, 6.45) is 11.1. The van der Waals surface area contributed by atoms with Crippen LogP contribution in [-0.2, 0) is 19.4 Å². The van der Waals surface area contributed by atoms with Crippen LogP contribution in [0.1, 0.15) is 42.3 Å². The van der Waals surface area contributed by atoms with Gasteiger partial charge in [-0.15, -0.1) is 0 Å². The average molecular weight is 296 g/mol. The molecule has 0 bridgehead atoms. The highest BCUT2D eigenvalue weighted by atomic mass is 16.5. The summed E-state index contributed by atoms with van der Waals surface area (Å²) >= 11 is 0. The maximum Gasteiger partial charge on any atom is 0.122 e. The Kier molecular flexibility index (Phi) is 4.32. The van der Waals surface area contributed by atoms with Crippen molar-refractivity contribution in [1.29, 1.82) is 0 Å². The van der Waals surface area contributed by atoms with E-state index in [0.717, 1.165) is 31.0 Å². The minimum Gasteiger partial charge on any atom is -0.496 e. The predicted octanol–water partition coefficient (Wildman–Crippen LogP) is 4.18. The van der Waals surface area contributed by atoms with Crippen LogP contribution in [0.15, 0.2) is 30.1 Å². The zero-order valence-corrected chi connectivity index (χ0v) is 13.7. The predicted molar refractivity (Wildman–Crippen MR) is 90.3 cm³/mol. The van der Waals surface area contributed by atoms with Crippen LogP contribution in [-0.4, -0.2) is 16.7 Å². The Labute approximate surface area is 132 Å². The Morgan fingerprint density at radius 3 is 2.73 bits per heavy atom. The van der Waals surface area contributed by atoms with Gasteiger partial charge in [0.15, 0.2) is 0 Å². The van der Waals surface area contributed by atoms with Crippen molar-refractivity contribution in [3.63, 3.8) is 0 Å². The van der Waals surface area contributed by atoms with Gasteiger partial charge in [0.25, 0.3) is 0 Å². The van der Waals surface area contributed by atoms with Gasteiger partial charge in [-0.3, -0.25) is 0 Å². The van der Waals surface area contributed by atoms with Crippen LogP contribution >= 0.6 is 0 Å². The first kappa shape index (κ1) is 14.9. The Morgan fingerprint density at radius 1 is 1.27 bits per heavy atom. The maximum atomic E-state index is 5.54. The van der Waals surface area contributed by atoms with Crippen molar-refractivity contribution in [2.75, 3.05) is 7.11 Å². The fourth-order valence-corrected chi connectivity index (χ4v) is 3.34. The fraction of sp³-hybridized carbons (Fsp3) is 0.421. The number of methoxy groups -OCH3 is 1. The third-order valence-corrected chi connectivity index (χ3v) is 4.49. The van der Waals surface area contributed by atoms with E-state index in [-0.39, 0.29) is 0 Å². The van der Waals surface area contributed by atoms with E-state index in [1.807, 2.05) is 19.3 Å². The van der Waals surface area contributed by atoms with Gasteiger partial charge >= 0.3 is 0 Å². The van der Waals surface area contributed by atoms with Crippen molar-refractivity contribution in [1.82, 2.24) is 9.55 Å². The summed E-state index contributed by atoms with van der Waals surface area (Å²) in [6, 6.07) is 4.32. The Hall–Kier alpha value is -2.03. The highest BCUT2D eigenvalue weighted by Gasteiger charge is 2.16. The molecule has 3 rings (SSSR count). The van der Waals surface area contributed by atoms with Gasteiger partial charge in [0.05, 0.1) is 7.11 Å². The van der Waals surface area contributed by atoms with Gasteiger partial charge in [-0.2, -0.15) is 0 Å². The van der Waals surface area contributed by atoms with E-state index in [0.29, 0.717) is 0 Å². The summed E-state index contributed by atoms with van der Waals surface area (Å²) in [6.45, 7) is 5.13. The highest BCUT2D eigenvalue weighted by Crippen LogP contribution is 2.33. The number of allylic oxidation sites excluding steroid dienone is 1. The lowest BCUT2D eigenvalue weighted by atomic mass is 9.87. The van der Waals surface area contributed by atoms with Crippen LogP contribution in [0, 0.1) is 6.92 Å². The third-order valence-electron chi connectivity index (χ3n) is 4.49. The summed E-state index contributed by atoms with van der Waals surface area (Å²) < 4.78 is 7.72. The summed E-state index contributed by atoms with van der Waals surface area (Å²) in [7, 11) is 1.77. The van der Waals surface area contributed by atoms with Gasteiger partial charge in [0, 0.05) is 18.9 Å². The molecule has 0 aliphatic heterocycles. The number of fused-ring (bicyclic) bond motifs is 1. The third kappa shape index (κ3) is 2.94. The molecule has 1 aromatic heterocycles. The largest absolute Gasteiger partial charge is 0.496 e. The van der Waals surface area contributed by atoms with Crippen LogP contribution in [0.25, 0.3) is 6.08 Å². The van der Waals surface area contributed by atoms with Gasteiger partial charge in [0.2, 0.25) is 0 Å². The van der Waals surface area contributed by atoms with Crippen LogP contribution in [0.4, 0.5) is 0 Å². The number of benzene rings is 1.